The molecule has 32 heavy (non-hydrogen) atoms. The third-order valence-corrected chi connectivity index (χ3v) is 4.94. The molecule has 164 valence electrons. The number of nitrogens with zero attached hydrogens (tertiary/aromatic N) is 4. The van der Waals surface area contributed by atoms with Crippen molar-refractivity contribution in [3.63, 3.8) is 0 Å². The average molecular weight is 452 g/mol. The van der Waals surface area contributed by atoms with Crippen LogP contribution in [0, 0.1) is 13.8 Å². The molecule has 0 saturated carbocycles. The molecule has 9 heteroatoms. The highest BCUT2D eigenvalue weighted by Gasteiger charge is 2.14. The van der Waals surface area contributed by atoms with Crippen molar-refractivity contribution in [1.29, 1.82) is 0 Å². The molecule has 0 aliphatic carbocycles. The zero-order valence-electron chi connectivity index (χ0n) is 17.7. The number of hydrogen-bond donors (Lipinski definition) is 1. The molecule has 2 aromatic carbocycles. The number of anilines is 1. The maximum Gasteiger partial charge on any atom is 0.274 e. The number of ether oxygens (including phenoxy) is 2. The molecule has 0 fully saturated rings. The SMILES string of the molecule is Cc1ccc(OCn2cc(NC(=O)c3ccnn3COc3ccc(Cl)cc3)cn2)c(C)c1. The molecule has 0 aliphatic heterocycles. The van der Waals surface area contributed by atoms with Gasteiger partial charge < -0.3 is 14.8 Å². The van der Waals surface area contributed by atoms with Crippen LogP contribution in [0.25, 0.3) is 0 Å². The van der Waals surface area contributed by atoms with Crippen molar-refractivity contribution in [2.24, 2.45) is 0 Å². The van der Waals surface area contributed by atoms with E-state index in [1.807, 2.05) is 26.0 Å². The lowest BCUT2D eigenvalue weighted by molar-refractivity contribution is 0.100. The van der Waals surface area contributed by atoms with Gasteiger partial charge in [0.05, 0.1) is 18.1 Å². The minimum absolute atomic E-state index is 0.0837. The van der Waals surface area contributed by atoms with Crippen molar-refractivity contribution >= 4 is 23.2 Å². The Morgan fingerprint density at radius 1 is 1.03 bits per heavy atom. The van der Waals surface area contributed by atoms with Gasteiger partial charge in [-0.15, -0.1) is 0 Å². The fraction of sp³-hybridized carbons (Fsp3) is 0.174. The van der Waals surface area contributed by atoms with E-state index in [0.717, 1.165) is 11.3 Å². The molecular weight excluding hydrogens is 430 g/mol. The summed E-state index contributed by atoms with van der Waals surface area (Å²) in [6.07, 6.45) is 4.81. The van der Waals surface area contributed by atoms with Crippen LogP contribution >= 0.6 is 11.6 Å². The van der Waals surface area contributed by atoms with E-state index in [1.165, 1.54) is 10.2 Å². The van der Waals surface area contributed by atoms with E-state index >= 15 is 0 Å². The highest BCUT2D eigenvalue weighted by Crippen LogP contribution is 2.19. The van der Waals surface area contributed by atoms with Crippen LogP contribution in [0.2, 0.25) is 5.02 Å². The Balaban J connectivity index is 1.34. The van der Waals surface area contributed by atoms with Crippen LogP contribution in [0.3, 0.4) is 0 Å². The van der Waals surface area contributed by atoms with Gasteiger partial charge in [0.1, 0.15) is 17.2 Å². The minimum atomic E-state index is -0.322. The number of aryl methyl sites for hydroxylation is 2. The number of nitrogens with one attached hydrogen (secondary N) is 1. The first kappa shape index (κ1) is 21.5. The highest BCUT2D eigenvalue weighted by molar-refractivity contribution is 6.30. The smallest absolute Gasteiger partial charge is 0.274 e. The van der Waals surface area contributed by atoms with Gasteiger partial charge in [-0.1, -0.05) is 29.3 Å². The molecule has 0 atom stereocenters. The summed E-state index contributed by atoms with van der Waals surface area (Å²) in [5.41, 5.74) is 3.14. The summed E-state index contributed by atoms with van der Waals surface area (Å²) >= 11 is 5.88. The summed E-state index contributed by atoms with van der Waals surface area (Å²) in [7, 11) is 0. The van der Waals surface area contributed by atoms with Gasteiger partial charge in [-0.05, 0) is 55.8 Å². The van der Waals surface area contributed by atoms with E-state index in [-0.39, 0.29) is 19.4 Å². The van der Waals surface area contributed by atoms with Crippen molar-refractivity contribution < 1.29 is 14.3 Å². The first-order valence-electron chi connectivity index (χ1n) is 9.92. The van der Waals surface area contributed by atoms with E-state index < -0.39 is 0 Å². The molecular formula is C23H22ClN5O3. The van der Waals surface area contributed by atoms with Crippen LogP contribution in [0.5, 0.6) is 11.5 Å². The number of amides is 1. The Bertz CT molecular complexity index is 1220. The number of carbonyl (C=O) groups excluding carboxylic acids is 1. The molecule has 4 aromatic rings. The summed E-state index contributed by atoms with van der Waals surface area (Å²) in [6, 6.07) is 14.6. The third-order valence-electron chi connectivity index (χ3n) is 4.69. The predicted octanol–water partition coefficient (Wildman–Crippen LogP) is 4.68. The average Bonchev–Trinajstić information content (AvgIpc) is 3.42. The quantitative estimate of drug-likeness (QED) is 0.420. The van der Waals surface area contributed by atoms with Crippen molar-refractivity contribution in [1.82, 2.24) is 19.6 Å². The Labute approximate surface area is 190 Å². The topological polar surface area (TPSA) is 83.2 Å². The number of halogens is 1. The van der Waals surface area contributed by atoms with Crippen LogP contribution < -0.4 is 14.8 Å². The molecule has 4 rings (SSSR count). The molecule has 1 amide bonds. The van der Waals surface area contributed by atoms with Crippen LogP contribution in [-0.4, -0.2) is 25.5 Å². The second-order valence-electron chi connectivity index (χ2n) is 7.21. The molecule has 1 N–H and O–H groups in total. The van der Waals surface area contributed by atoms with E-state index in [9.17, 15) is 4.79 Å². The largest absolute Gasteiger partial charge is 0.471 e. The van der Waals surface area contributed by atoms with Crippen molar-refractivity contribution in [3.05, 3.63) is 89.0 Å². The van der Waals surface area contributed by atoms with Crippen LogP contribution in [0.15, 0.2) is 67.1 Å². The summed E-state index contributed by atoms with van der Waals surface area (Å²) < 4.78 is 14.6. The lowest BCUT2D eigenvalue weighted by Gasteiger charge is -2.10. The van der Waals surface area contributed by atoms with Gasteiger partial charge in [0.2, 0.25) is 0 Å². The zero-order valence-corrected chi connectivity index (χ0v) is 18.4. The maximum absolute atomic E-state index is 12.7. The van der Waals surface area contributed by atoms with Crippen molar-refractivity contribution in [3.8, 4) is 11.5 Å². The Hall–Kier alpha value is -3.78. The standard InChI is InChI=1S/C23H22ClN5O3/c1-16-3-8-22(17(2)11-16)32-14-28-13-19(12-26-28)27-23(30)21-9-10-25-29(21)15-31-20-6-4-18(24)5-7-20/h3-13H,14-15H2,1-2H3,(H,27,30). The van der Waals surface area contributed by atoms with E-state index in [2.05, 4.69) is 21.6 Å². The minimum Gasteiger partial charge on any atom is -0.471 e. The second kappa shape index (κ2) is 9.57. The Kier molecular flexibility index (Phi) is 6.42. The molecule has 2 aromatic heterocycles. The van der Waals surface area contributed by atoms with Crippen molar-refractivity contribution in [2.45, 2.75) is 27.3 Å². The third kappa shape index (κ3) is 5.28. The van der Waals surface area contributed by atoms with Gasteiger partial charge >= 0.3 is 0 Å². The molecule has 0 spiro atoms. The molecule has 0 saturated heterocycles. The summed E-state index contributed by atoms with van der Waals surface area (Å²) in [5, 5.41) is 11.8. The highest BCUT2D eigenvalue weighted by atomic mass is 35.5. The first-order chi connectivity index (χ1) is 15.5. The summed E-state index contributed by atoms with van der Waals surface area (Å²) in [6.45, 7) is 4.35. The molecule has 0 radical (unpaired) electrons. The molecule has 2 heterocycles. The fourth-order valence-corrected chi connectivity index (χ4v) is 3.21. The fourth-order valence-electron chi connectivity index (χ4n) is 3.09. The molecule has 0 bridgehead atoms. The Morgan fingerprint density at radius 3 is 2.62 bits per heavy atom. The summed E-state index contributed by atoms with van der Waals surface area (Å²) in [5.74, 6) is 1.10. The van der Waals surface area contributed by atoms with Gasteiger partial charge in [0, 0.05) is 11.2 Å². The number of aromatic nitrogens is 4. The van der Waals surface area contributed by atoms with Crippen LogP contribution in [-0.2, 0) is 13.5 Å². The zero-order chi connectivity index (χ0) is 22.5. The van der Waals surface area contributed by atoms with Gasteiger partial charge in [-0.2, -0.15) is 10.2 Å². The molecule has 0 aliphatic rings. The number of benzene rings is 2. The second-order valence-corrected chi connectivity index (χ2v) is 7.64. The maximum atomic E-state index is 12.7. The monoisotopic (exact) mass is 451 g/mol. The van der Waals surface area contributed by atoms with Crippen molar-refractivity contribution in [2.75, 3.05) is 5.32 Å². The molecule has 8 nitrogen and oxygen atoms in total. The van der Waals surface area contributed by atoms with Gasteiger partial charge in [-0.3, -0.25) is 4.79 Å². The Morgan fingerprint density at radius 2 is 1.84 bits per heavy atom. The van der Waals surface area contributed by atoms with Crippen LogP contribution in [0.1, 0.15) is 21.6 Å². The molecule has 0 unspecified atom stereocenters. The van der Waals surface area contributed by atoms with Crippen LogP contribution in [0.4, 0.5) is 5.69 Å². The first-order valence-corrected chi connectivity index (χ1v) is 10.3. The number of rotatable bonds is 8. The van der Waals surface area contributed by atoms with E-state index in [0.29, 0.717) is 22.2 Å². The lowest BCUT2D eigenvalue weighted by Crippen LogP contribution is -2.19. The number of carbonyl (C=O) groups is 1. The van der Waals surface area contributed by atoms with Gasteiger partial charge in [0.25, 0.3) is 5.91 Å². The normalized spacial score (nSPS) is 10.7. The lowest BCUT2D eigenvalue weighted by atomic mass is 10.1. The van der Waals surface area contributed by atoms with E-state index in [4.69, 9.17) is 21.1 Å². The number of hydrogen-bond acceptors (Lipinski definition) is 5. The van der Waals surface area contributed by atoms with Gasteiger partial charge in [0.15, 0.2) is 13.5 Å². The predicted molar refractivity (Wildman–Crippen MR) is 121 cm³/mol. The summed E-state index contributed by atoms with van der Waals surface area (Å²) in [4.78, 5) is 12.7. The van der Waals surface area contributed by atoms with E-state index in [1.54, 1.807) is 53.6 Å². The van der Waals surface area contributed by atoms with Gasteiger partial charge in [-0.25, -0.2) is 9.36 Å².